The molecule has 6 heteroatoms. The molecule has 16 heavy (non-hydrogen) atoms. The van der Waals surface area contributed by atoms with Crippen molar-refractivity contribution in [2.75, 3.05) is 0 Å². The SMILES string of the molecule is CCCC[n+]1ccc(C)cc1.[O-][Cl+3]([O-])([O-])[O-]. The number of hydrogen-bond acceptors (Lipinski definition) is 4. The molecule has 5 nitrogen and oxygen atoms in total. The van der Waals surface area contributed by atoms with Gasteiger partial charge in [0.15, 0.2) is 12.4 Å². The molecule has 0 spiro atoms. The summed E-state index contributed by atoms with van der Waals surface area (Å²) >= 11 is 0. The van der Waals surface area contributed by atoms with Crippen molar-refractivity contribution in [2.24, 2.45) is 0 Å². The second-order valence-corrected chi connectivity index (χ2v) is 4.10. The fourth-order valence-corrected chi connectivity index (χ4v) is 1.02. The summed E-state index contributed by atoms with van der Waals surface area (Å²) < 4.78 is 36.2. The maximum atomic E-state index is 8.49. The maximum absolute atomic E-state index is 8.49. The monoisotopic (exact) mass is 249 g/mol. The minimum Gasteiger partial charge on any atom is -0.222 e. The summed E-state index contributed by atoms with van der Waals surface area (Å²) in [4.78, 5) is 0. The van der Waals surface area contributed by atoms with E-state index in [1.165, 1.54) is 18.4 Å². The average Bonchev–Trinajstić information content (AvgIpc) is 2.14. The predicted molar refractivity (Wildman–Crippen MR) is 46.3 cm³/mol. The number of unbranched alkanes of at least 4 members (excludes halogenated alkanes) is 1. The highest BCUT2D eigenvalue weighted by atomic mass is 35.7. The zero-order chi connectivity index (χ0) is 12.6. The van der Waals surface area contributed by atoms with Crippen LogP contribution in [0.3, 0.4) is 0 Å². The Morgan fingerprint density at radius 2 is 1.56 bits per heavy atom. The fourth-order valence-electron chi connectivity index (χ4n) is 1.02. The molecular formula is C10H16ClNO4. The third kappa shape index (κ3) is 11.4. The molecular weight excluding hydrogens is 234 g/mol. The van der Waals surface area contributed by atoms with Gasteiger partial charge in [0.05, 0.1) is 0 Å². The zero-order valence-corrected chi connectivity index (χ0v) is 10.1. The molecule has 0 fully saturated rings. The van der Waals surface area contributed by atoms with Crippen LogP contribution in [0.4, 0.5) is 0 Å². The molecule has 0 saturated carbocycles. The molecule has 0 unspecified atom stereocenters. The van der Waals surface area contributed by atoms with Crippen molar-refractivity contribution in [3.05, 3.63) is 30.1 Å². The number of nitrogens with zero attached hydrogens (tertiary/aromatic N) is 1. The largest absolute Gasteiger partial charge is 0.222 e. The van der Waals surface area contributed by atoms with Crippen molar-refractivity contribution in [2.45, 2.75) is 33.2 Å². The van der Waals surface area contributed by atoms with Gasteiger partial charge in [-0.05, 0) is 12.5 Å². The number of hydrogen-bond donors (Lipinski definition) is 0. The van der Waals surface area contributed by atoms with E-state index >= 15 is 0 Å². The molecule has 0 saturated heterocycles. The first-order valence-electron chi connectivity index (χ1n) is 4.90. The van der Waals surface area contributed by atoms with Crippen LogP contribution in [0.5, 0.6) is 0 Å². The molecule has 0 amide bonds. The molecule has 0 atom stereocenters. The molecule has 1 aromatic heterocycles. The van der Waals surface area contributed by atoms with Gasteiger partial charge in [0, 0.05) is 18.6 Å². The van der Waals surface area contributed by atoms with Crippen LogP contribution in [0.15, 0.2) is 24.5 Å². The van der Waals surface area contributed by atoms with Gasteiger partial charge in [0.1, 0.15) is 6.54 Å². The first-order chi connectivity index (χ1) is 7.33. The quantitative estimate of drug-likeness (QED) is 0.546. The second kappa shape index (κ2) is 7.54. The van der Waals surface area contributed by atoms with Gasteiger partial charge in [0.25, 0.3) is 0 Å². The molecule has 1 aromatic rings. The highest BCUT2D eigenvalue weighted by Crippen LogP contribution is 1.91. The summed E-state index contributed by atoms with van der Waals surface area (Å²) in [7, 11) is -4.94. The van der Waals surface area contributed by atoms with Crippen LogP contribution in [0.25, 0.3) is 0 Å². The van der Waals surface area contributed by atoms with Gasteiger partial charge >= 0.3 is 0 Å². The summed E-state index contributed by atoms with van der Waals surface area (Å²) in [6.45, 7) is 5.48. The number of pyridine rings is 1. The van der Waals surface area contributed by atoms with Crippen LogP contribution >= 0.6 is 0 Å². The molecule has 0 aromatic carbocycles. The van der Waals surface area contributed by atoms with E-state index in [0.29, 0.717) is 0 Å². The smallest absolute Gasteiger partial charge is 0.169 e. The lowest BCUT2D eigenvalue weighted by Crippen LogP contribution is -2.68. The van der Waals surface area contributed by atoms with E-state index in [1.807, 2.05) is 0 Å². The minimum atomic E-state index is -4.94. The standard InChI is InChI=1S/C10H16N.ClHO4/c1-3-4-7-11-8-5-10(2)6-9-11;2-1(3,4)5/h5-6,8-9H,3-4,7H2,1-2H3;(H,2,3,4,5)/q+1;/p-1. The van der Waals surface area contributed by atoms with Crippen molar-refractivity contribution >= 4 is 0 Å². The van der Waals surface area contributed by atoms with Crippen LogP contribution in [-0.2, 0) is 6.54 Å². The van der Waals surface area contributed by atoms with Gasteiger partial charge in [-0.15, -0.1) is 10.2 Å². The minimum absolute atomic E-state index is 1.15. The van der Waals surface area contributed by atoms with Crippen molar-refractivity contribution in [1.29, 1.82) is 0 Å². The van der Waals surface area contributed by atoms with Crippen molar-refractivity contribution in [3.63, 3.8) is 0 Å². The summed E-state index contributed by atoms with van der Waals surface area (Å²) in [5.41, 5.74) is 1.33. The average molecular weight is 250 g/mol. The van der Waals surface area contributed by atoms with Crippen molar-refractivity contribution in [1.82, 2.24) is 0 Å². The van der Waals surface area contributed by atoms with Gasteiger partial charge in [-0.25, -0.2) is 23.2 Å². The molecule has 0 aliphatic carbocycles. The number of aromatic nitrogens is 1. The highest BCUT2D eigenvalue weighted by molar-refractivity contribution is 5.03. The Hall–Kier alpha value is -0.720. The predicted octanol–water partition coefficient (Wildman–Crippen LogP) is -2.67. The van der Waals surface area contributed by atoms with Crippen molar-refractivity contribution < 1.29 is 33.4 Å². The summed E-state index contributed by atoms with van der Waals surface area (Å²) in [6.07, 6.45) is 6.82. The molecule has 0 radical (unpaired) electrons. The topological polar surface area (TPSA) is 96.1 Å². The molecule has 92 valence electrons. The van der Waals surface area contributed by atoms with Gasteiger partial charge in [-0.2, -0.15) is 0 Å². The first-order valence-corrected chi connectivity index (χ1v) is 6.14. The van der Waals surface area contributed by atoms with E-state index in [2.05, 4.69) is 42.9 Å². The van der Waals surface area contributed by atoms with Gasteiger partial charge in [-0.3, -0.25) is 0 Å². The summed E-state index contributed by atoms with van der Waals surface area (Å²) in [6, 6.07) is 4.30. The number of aryl methyl sites for hydroxylation is 2. The van der Waals surface area contributed by atoms with E-state index < -0.39 is 10.2 Å². The Balaban J connectivity index is 0.000000385. The molecule has 0 aliphatic heterocycles. The lowest BCUT2D eigenvalue weighted by atomic mass is 10.3. The van der Waals surface area contributed by atoms with E-state index in [-0.39, 0.29) is 0 Å². The molecule has 0 aliphatic rings. The third-order valence-corrected chi connectivity index (χ3v) is 1.83. The van der Waals surface area contributed by atoms with E-state index in [0.717, 1.165) is 6.54 Å². The van der Waals surface area contributed by atoms with Gasteiger partial charge in [0.2, 0.25) is 0 Å². The Bertz CT molecular complexity index is 278. The lowest BCUT2D eigenvalue weighted by Gasteiger charge is -2.17. The number of halogens is 1. The van der Waals surface area contributed by atoms with E-state index in [4.69, 9.17) is 18.6 Å². The first kappa shape index (κ1) is 15.3. The van der Waals surface area contributed by atoms with Crippen LogP contribution in [0.2, 0.25) is 0 Å². The van der Waals surface area contributed by atoms with E-state index in [9.17, 15) is 0 Å². The summed E-state index contributed by atoms with van der Waals surface area (Å²) in [5, 5.41) is 0. The lowest BCUT2D eigenvalue weighted by molar-refractivity contribution is -2.00. The Kier molecular flexibility index (Phi) is 7.20. The van der Waals surface area contributed by atoms with Crippen LogP contribution in [0.1, 0.15) is 25.3 Å². The maximum Gasteiger partial charge on any atom is 0.169 e. The Morgan fingerprint density at radius 1 is 1.12 bits per heavy atom. The van der Waals surface area contributed by atoms with Gasteiger partial charge in [-0.1, -0.05) is 13.3 Å². The van der Waals surface area contributed by atoms with Gasteiger partial charge < -0.3 is 0 Å². The normalized spacial score (nSPS) is 10.6. The Labute approximate surface area is 97.3 Å². The van der Waals surface area contributed by atoms with E-state index in [1.54, 1.807) is 0 Å². The number of rotatable bonds is 3. The molecule has 0 N–H and O–H groups in total. The Morgan fingerprint density at radius 3 is 1.94 bits per heavy atom. The molecule has 1 heterocycles. The second-order valence-electron chi connectivity index (χ2n) is 3.34. The fraction of sp³-hybridized carbons (Fsp3) is 0.500. The van der Waals surface area contributed by atoms with Crippen LogP contribution in [0, 0.1) is 17.2 Å². The van der Waals surface area contributed by atoms with Crippen molar-refractivity contribution in [3.8, 4) is 0 Å². The summed E-state index contributed by atoms with van der Waals surface area (Å²) in [5.74, 6) is 0. The molecule has 0 bridgehead atoms. The van der Waals surface area contributed by atoms with Crippen LogP contribution in [-0.4, -0.2) is 0 Å². The zero-order valence-electron chi connectivity index (χ0n) is 9.39. The third-order valence-electron chi connectivity index (χ3n) is 1.83. The van der Waals surface area contributed by atoms with Crippen LogP contribution < -0.4 is 23.2 Å². The molecule has 1 rings (SSSR count). The highest BCUT2D eigenvalue weighted by Gasteiger charge is 1.95.